The highest BCUT2D eigenvalue weighted by atomic mass is 16.5. The first-order valence-corrected chi connectivity index (χ1v) is 7.83. The van der Waals surface area contributed by atoms with Gasteiger partial charge in [-0.2, -0.15) is 0 Å². The third-order valence-corrected chi connectivity index (χ3v) is 3.94. The molecule has 0 aliphatic heterocycles. The fourth-order valence-corrected chi connectivity index (χ4v) is 2.67. The average molecular weight is 326 g/mol. The maximum Gasteiger partial charge on any atom is 0.358 e. The van der Waals surface area contributed by atoms with Crippen molar-refractivity contribution in [3.63, 3.8) is 0 Å². The van der Waals surface area contributed by atoms with Crippen molar-refractivity contribution in [2.75, 3.05) is 6.61 Å². The summed E-state index contributed by atoms with van der Waals surface area (Å²) in [6, 6.07) is 5.82. The zero-order valence-corrected chi connectivity index (χ0v) is 13.6. The zero-order chi connectivity index (χ0) is 17.1. The summed E-state index contributed by atoms with van der Waals surface area (Å²) in [5.74, 6) is -0.859. The summed E-state index contributed by atoms with van der Waals surface area (Å²) in [5, 5.41) is 8.29. The summed E-state index contributed by atoms with van der Waals surface area (Å²) >= 11 is 0. The number of carbonyl (C=O) groups excluding carboxylic acids is 2. The summed E-state index contributed by atoms with van der Waals surface area (Å²) < 4.78 is 6.54. The molecule has 0 bridgehead atoms. The molecule has 0 aliphatic rings. The molecule has 124 valence electrons. The Morgan fingerprint density at radius 1 is 1.29 bits per heavy atom. The second-order valence-corrected chi connectivity index (χ2v) is 5.33. The molecule has 3 aromatic rings. The number of nitrogens with zero attached hydrogens (tertiary/aromatic N) is 3. The zero-order valence-electron chi connectivity index (χ0n) is 13.6. The normalized spacial score (nSPS) is 10.9. The number of aromatic nitrogens is 4. The topological polar surface area (TPSA) is 89.9 Å². The number of rotatable bonds is 6. The first-order chi connectivity index (χ1) is 11.7. The van der Waals surface area contributed by atoms with Gasteiger partial charge in [-0.05, 0) is 18.9 Å². The number of nitrogens with one attached hydrogen (secondary N) is 1. The predicted molar refractivity (Wildman–Crippen MR) is 88.0 cm³/mol. The largest absolute Gasteiger partial charge is 0.453 e. The number of H-pyrrole nitrogens is 1. The van der Waals surface area contributed by atoms with Crippen molar-refractivity contribution in [2.24, 2.45) is 0 Å². The van der Waals surface area contributed by atoms with Gasteiger partial charge in [0.05, 0.1) is 6.20 Å². The second kappa shape index (κ2) is 6.66. The number of aryl methyl sites for hydroxylation is 2. The maximum atomic E-state index is 12.4. The number of Topliss-reactive ketones (excluding diaryl/α,β-unsaturated/α-hetero) is 1. The fraction of sp³-hybridized carbons (Fsp3) is 0.294. The molecule has 0 saturated heterocycles. The van der Waals surface area contributed by atoms with E-state index in [2.05, 4.69) is 22.2 Å². The highest BCUT2D eigenvalue weighted by Gasteiger charge is 2.18. The molecule has 3 rings (SSSR count). The molecule has 1 aromatic carbocycles. The van der Waals surface area contributed by atoms with Crippen molar-refractivity contribution in [3.05, 3.63) is 47.4 Å². The standard InChI is InChI=1S/C17H18N4O3/c1-3-11-6-5-7-12-13(8-18-16(11)12)15(22)10-24-17(23)14-9-19-20-21(14)4-2/h5-9,18H,3-4,10H2,1-2H3. The maximum absolute atomic E-state index is 12.4. The van der Waals surface area contributed by atoms with Crippen LogP contribution in [0.1, 0.15) is 40.3 Å². The van der Waals surface area contributed by atoms with Crippen molar-refractivity contribution >= 4 is 22.7 Å². The van der Waals surface area contributed by atoms with E-state index in [4.69, 9.17) is 4.74 Å². The molecule has 0 fully saturated rings. The van der Waals surface area contributed by atoms with E-state index in [0.29, 0.717) is 12.1 Å². The number of carbonyl (C=O) groups is 2. The van der Waals surface area contributed by atoms with Gasteiger partial charge in [0.1, 0.15) is 0 Å². The Bertz CT molecular complexity index is 894. The van der Waals surface area contributed by atoms with Crippen LogP contribution in [0.15, 0.2) is 30.6 Å². The molecule has 7 nitrogen and oxygen atoms in total. The minimum Gasteiger partial charge on any atom is -0.453 e. The first kappa shape index (κ1) is 15.9. The van der Waals surface area contributed by atoms with E-state index in [0.717, 1.165) is 22.9 Å². The van der Waals surface area contributed by atoms with Crippen molar-refractivity contribution in [2.45, 2.75) is 26.8 Å². The number of para-hydroxylation sites is 1. The SMILES string of the molecule is CCc1cccc2c(C(=O)COC(=O)c3cnnn3CC)c[nH]c12. The van der Waals surface area contributed by atoms with Crippen LogP contribution in [0.4, 0.5) is 0 Å². The van der Waals surface area contributed by atoms with Crippen molar-refractivity contribution in [3.8, 4) is 0 Å². The van der Waals surface area contributed by atoms with Gasteiger partial charge in [-0.1, -0.05) is 30.3 Å². The molecule has 0 aliphatic carbocycles. The van der Waals surface area contributed by atoms with Crippen molar-refractivity contribution in [1.82, 2.24) is 20.0 Å². The van der Waals surface area contributed by atoms with E-state index in [1.807, 2.05) is 25.1 Å². The smallest absolute Gasteiger partial charge is 0.358 e. The highest BCUT2D eigenvalue weighted by Crippen LogP contribution is 2.22. The molecule has 1 N–H and O–H groups in total. The van der Waals surface area contributed by atoms with E-state index in [1.54, 1.807) is 6.20 Å². The average Bonchev–Trinajstić information content (AvgIpc) is 3.25. The van der Waals surface area contributed by atoms with Crippen LogP contribution in [0.5, 0.6) is 0 Å². The second-order valence-electron chi connectivity index (χ2n) is 5.33. The number of ether oxygens (including phenoxy) is 1. The van der Waals surface area contributed by atoms with E-state index in [9.17, 15) is 9.59 Å². The van der Waals surface area contributed by atoms with Crippen LogP contribution < -0.4 is 0 Å². The fourth-order valence-electron chi connectivity index (χ4n) is 2.67. The van der Waals surface area contributed by atoms with E-state index in [-0.39, 0.29) is 18.1 Å². The van der Waals surface area contributed by atoms with Gasteiger partial charge >= 0.3 is 5.97 Å². The summed E-state index contributed by atoms with van der Waals surface area (Å²) in [6.07, 6.45) is 3.86. The van der Waals surface area contributed by atoms with Gasteiger partial charge in [-0.15, -0.1) is 5.10 Å². The summed E-state index contributed by atoms with van der Waals surface area (Å²) in [4.78, 5) is 27.6. The lowest BCUT2D eigenvalue weighted by Gasteiger charge is -2.05. The Morgan fingerprint density at radius 3 is 2.88 bits per heavy atom. The summed E-state index contributed by atoms with van der Waals surface area (Å²) in [5.41, 5.74) is 2.84. The molecular formula is C17H18N4O3. The Labute approximate surface area is 138 Å². The molecule has 7 heteroatoms. The first-order valence-electron chi connectivity index (χ1n) is 7.83. The third-order valence-electron chi connectivity index (χ3n) is 3.94. The van der Waals surface area contributed by atoms with E-state index < -0.39 is 5.97 Å². The van der Waals surface area contributed by atoms with Crippen LogP contribution in [0.3, 0.4) is 0 Å². The molecule has 0 saturated carbocycles. The van der Waals surface area contributed by atoms with Gasteiger partial charge in [0, 0.05) is 29.2 Å². The number of benzene rings is 1. The van der Waals surface area contributed by atoms with Crippen LogP contribution in [0.2, 0.25) is 0 Å². The van der Waals surface area contributed by atoms with Crippen LogP contribution >= 0.6 is 0 Å². The lowest BCUT2D eigenvalue weighted by Crippen LogP contribution is -2.17. The number of esters is 1. The minimum absolute atomic E-state index is 0.234. The van der Waals surface area contributed by atoms with Gasteiger partial charge in [0.15, 0.2) is 12.3 Å². The van der Waals surface area contributed by atoms with Gasteiger partial charge in [-0.25, -0.2) is 9.48 Å². The van der Waals surface area contributed by atoms with Gasteiger partial charge in [-0.3, -0.25) is 4.79 Å². The molecule has 0 amide bonds. The molecule has 0 radical (unpaired) electrons. The van der Waals surface area contributed by atoms with E-state index >= 15 is 0 Å². The number of ketones is 1. The Balaban J connectivity index is 1.75. The highest BCUT2D eigenvalue weighted by molar-refractivity contribution is 6.09. The monoisotopic (exact) mass is 326 g/mol. The van der Waals surface area contributed by atoms with Gasteiger partial charge in [0.2, 0.25) is 5.78 Å². The summed E-state index contributed by atoms with van der Waals surface area (Å²) in [7, 11) is 0. The van der Waals surface area contributed by atoms with Crippen molar-refractivity contribution in [1.29, 1.82) is 0 Å². The van der Waals surface area contributed by atoms with Crippen molar-refractivity contribution < 1.29 is 14.3 Å². The Kier molecular flexibility index (Phi) is 4.41. The molecule has 24 heavy (non-hydrogen) atoms. The molecular weight excluding hydrogens is 308 g/mol. The molecule has 0 unspecified atom stereocenters. The van der Waals surface area contributed by atoms with Gasteiger partial charge < -0.3 is 9.72 Å². The van der Waals surface area contributed by atoms with Crippen LogP contribution in [0, 0.1) is 0 Å². The quantitative estimate of drug-likeness (QED) is 0.555. The Morgan fingerprint density at radius 2 is 2.12 bits per heavy atom. The molecule has 0 spiro atoms. The molecule has 2 heterocycles. The number of hydrogen-bond acceptors (Lipinski definition) is 5. The third kappa shape index (κ3) is 2.80. The lowest BCUT2D eigenvalue weighted by molar-refractivity contribution is 0.0463. The Hall–Kier alpha value is -2.96. The number of fused-ring (bicyclic) bond motifs is 1. The van der Waals surface area contributed by atoms with Crippen LogP contribution in [-0.4, -0.2) is 38.3 Å². The van der Waals surface area contributed by atoms with Crippen LogP contribution in [-0.2, 0) is 17.7 Å². The number of aromatic amines is 1. The van der Waals surface area contributed by atoms with Crippen LogP contribution in [0.25, 0.3) is 10.9 Å². The lowest BCUT2D eigenvalue weighted by atomic mass is 10.1. The van der Waals surface area contributed by atoms with Gasteiger partial charge in [0.25, 0.3) is 0 Å². The predicted octanol–water partition coefficient (Wildman–Crippen LogP) is 2.38. The minimum atomic E-state index is -0.607. The van der Waals surface area contributed by atoms with E-state index in [1.165, 1.54) is 10.9 Å². The molecule has 2 aromatic heterocycles. The molecule has 0 atom stereocenters. The summed E-state index contributed by atoms with van der Waals surface area (Å²) in [6.45, 7) is 4.08. The number of hydrogen-bond donors (Lipinski definition) is 1.